The SMILES string of the molecule is O=S1(=O)c2ccccc2-c2ccc(-c3ccc4oc5cccc(-c6nc(-c7ccccc7)nc(-c7ccccc7)n6)c5c4c3)cc21. The molecular weight excluding hydrogens is 591 g/mol. The smallest absolute Gasteiger partial charge is 0.207 e. The molecule has 7 heteroatoms. The molecule has 9 rings (SSSR count). The van der Waals surface area contributed by atoms with Crippen molar-refractivity contribution in [3.05, 3.63) is 140 Å². The van der Waals surface area contributed by atoms with Crippen LogP contribution < -0.4 is 0 Å². The number of rotatable bonds is 4. The van der Waals surface area contributed by atoms with Gasteiger partial charge in [0.15, 0.2) is 17.5 Å². The van der Waals surface area contributed by atoms with Crippen LogP contribution in [-0.4, -0.2) is 23.4 Å². The van der Waals surface area contributed by atoms with E-state index in [0.717, 1.165) is 49.7 Å². The standard InChI is InChI=1S/C39H23N3O3S/c43-46(44)34-17-8-7-14-28(34)29-20-18-27(23-35(29)46)26-19-21-32-31(22-26)36-30(15-9-16-33(36)45-32)39-41-37(24-10-3-1-4-11-24)40-38(42-39)25-12-5-2-6-13-25/h1-23H. The van der Waals surface area contributed by atoms with Crippen LogP contribution >= 0.6 is 0 Å². The Hall–Kier alpha value is -5.92. The van der Waals surface area contributed by atoms with Crippen molar-refractivity contribution < 1.29 is 12.8 Å². The summed E-state index contributed by atoms with van der Waals surface area (Å²) < 4.78 is 33.2. The fourth-order valence-corrected chi connectivity index (χ4v) is 8.02. The molecule has 6 nitrogen and oxygen atoms in total. The summed E-state index contributed by atoms with van der Waals surface area (Å²) in [5, 5.41) is 1.77. The molecule has 0 N–H and O–H groups in total. The quantitative estimate of drug-likeness (QED) is 0.197. The van der Waals surface area contributed by atoms with Gasteiger partial charge >= 0.3 is 0 Å². The van der Waals surface area contributed by atoms with Crippen LogP contribution in [0.5, 0.6) is 0 Å². The predicted molar refractivity (Wildman–Crippen MR) is 180 cm³/mol. The molecule has 218 valence electrons. The van der Waals surface area contributed by atoms with Gasteiger partial charge in [-0.3, -0.25) is 0 Å². The lowest BCUT2D eigenvalue weighted by molar-refractivity contribution is 0.598. The van der Waals surface area contributed by atoms with E-state index in [1.165, 1.54) is 0 Å². The Morgan fingerprint density at radius 3 is 1.76 bits per heavy atom. The van der Waals surface area contributed by atoms with E-state index < -0.39 is 9.84 Å². The van der Waals surface area contributed by atoms with Crippen LogP contribution in [0.25, 0.3) is 78.4 Å². The topological polar surface area (TPSA) is 86.0 Å². The zero-order valence-electron chi connectivity index (χ0n) is 24.3. The van der Waals surface area contributed by atoms with Crippen molar-refractivity contribution in [1.82, 2.24) is 15.0 Å². The molecule has 0 amide bonds. The Morgan fingerprint density at radius 1 is 0.435 bits per heavy atom. The number of sulfone groups is 1. The van der Waals surface area contributed by atoms with Crippen LogP contribution in [-0.2, 0) is 9.84 Å². The monoisotopic (exact) mass is 613 g/mol. The Kier molecular flexibility index (Phi) is 5.79. The second kappa shape index (κ2) is 10.1. The highest BCUT2D eigenvalue weighted by Crippen LogP contribution is 2.45. The fraction of sp³-hybridized carbons (Fsp3) is 0. The maximum absolute atomic E-state index is 13.4. The second-order valence-corrected chi connectivity index (χ2v) is 13.1. The minimum Gasteiger partial charge on any atom is -0.456 e. The number of nitrogens with zero attached hydrogens (tertiary/aromatic N) is 3. The molecule has 0 spiro atoms. The molecule has 6 aromatic carbocycles. The summed E-state index contributed by atoms with van der Waals surface area (Å²) in [6.45, 7) is 0. The van der Waals surface area contributed by atoms with E-state index in [-0.39, 0.29) is 0 Å². The first-order chi connectivity index (χ1) is 22.5. The van der Waals surface area contributed by atoms with Crippen molar-refractivity contribution in [2.24, 2.45) is 0 Å². The summed E-state index contributed by atoms with van der Waals surface area (Å²) in [6.07, 6.45) is 0. The van der Waals surface area contributed by atoms with Crippen LogP contribution in [0.15, 0.2) is 154 Å². The average Bonchev–Trinajstić information content (AvgIpc) is 3.60. The van der Waals surface area contributed by atoms with Crippen LogP contribution in [0.2, 0.25) is 0 Å². The molecule has 8 aromatic rings. The van der Waals surface area contributed by atoms with Crippen LogP contribution in [0, 0.1) is 0 Å². The molecule has 0 saturated heterocycles. The number of hydrogen-bond acceptors (Lipinski definition) is 6. The van der Waals surface area contributed by atoms with Gasteiger partial charge in [0.2, 0.25) is 9.84 Å². The van der Waals surface area contributed by atoms with E-state index in [2.05, 4.69) is 6.07 Å². The van der Waals surface area contributed by atoms with E-state index in [0.29, 0.717) is 38.4 Å². The zero-order chi connectivity index (χ0) is 30.8. The van der Waals surface area contributed by atoms with Gasteiger partial charge in [-0.15, -0.1) is 0 Å². The van der Waals surface area contributed by atoms with Gasteiger partial charge in [-0.25, -0.2) is 23.4 Å². The van der Waals surface area contributed by atoms with Crippen molar-refractivity contribution in [2.75, 3.05) is 0 Å². The highest BCUT2D eigenvalue weighted by molar-refractivity contribution is 7.92. The average molecular weight is 614 g/mol. The van der Waals surface area contributed by atoms with Gasteiger partial charge in [0.1, 0.15) is 11.2 Å². The van der Waals surface area contributed by atoms with E-state index in [4.69, 9.17) is 19.4 Å². The first kappa shape index (κ1) is 26.5. The lowest BCUT2D eigenvalue weighted by Crippen LogP contribution is -2.00. The van der Waals surface area contributed by atoms with Gasteiger partial charge in [0, 0.05) is 38.6 Å². The summed E-state index contributed by atoms with van der Waals surface area (Å²) in [7, 11) is -3.60. The highest BCUT2D eigenvalue weighted by Gasteiger charge is 2.32. The normalized spacial score (nSPS) is 13.1. The molecule has 1 aliphatic heterocycles. The molecule has 3 heterocycles. The van der Waals surface area contributed by atoms with Gasteiger partial charge in [-0.2, -0.15) is 0 Å². The third-order valence-electron chi connectivity index (χ3n) is 8.51. The van der Waals surface area contributed by atoms with Crippen molar-refractivity contribution >= 4 is 31.8 Å². The molecule has 46 heavy (non-hydrogen) atoms. The van der Waals surface area contributed by atoms with Crippen LogP contribution in [0.1, 0.15) is 0 Å². The first-order valence-corrected chi connectivity index (χ1v) is 16.3. The maximum Gasteiger partial charge on any atom is 0.207 e. The van der Waals surface area contributed by atoms with Gasteiger partial charge < -0.3 is 4.42 Å². The van der Waals surface area contributed by atoms with E-state index in [1.807, 2.05) is 115 Å². The minimum atomic E-state index is -3.60. The molecule has 0 atom stereocenters. The number of aromatic nitrogens is 3. The Morgan fingerprint density at radius 2 is 1.02 bits per heavy atom. The summed E-state index contributed by atoms with van der Waals surface area (Å²) >= 11 is 0. The Bertz CT molecular complexity index is 2540. The lowest BCUT2D eigenvalue weighted by atomic mass is 9.98. The van der Waals surface area contributed by atoms with E-state index >= 15 is 0 Å². The van der Waals surface area contributed by atoms with Gasteiger partial charge in [-0.05, 0) is 41.5 Å². The summed E-state index contributed by atoms with van der Waals surface area (Å²) in [5.41, 5.74) is 7.19. The fourth-order valence-electron chi connectivity index (χ4n) is 6.31. The molecule has 0 saturated carbocycles. The lowest BCUT2D eigenvalue weighted by Gasteiger charge is -2.09. The van der Waals surface area contributed by atoms with E-state index in [9.17, 15) is 8.42 Å². The molecule has 2 aromatic heterocycles. The Balaban J connectivity index is 1.23. The molecular formula is C39H23N3O3S. The summed E-state index contributed by atoms with van der Waals surface area (Å²) in [5.74, 6) is 1.69. The van der Waals surface area contributed by atoms with Crippen molar-refractivity contribution in [3.63, 3.8) is 0 Å². The molecule has 0 fully saturated rings. The Labute approximate surface area is 264 Å². The van der Waals surface area contributed by atoms with Crippen LogP contribution in [0.3, 0.4) is 0 Å². The number of fused-ring (bicyclic) bond motifs is 6. The van der Waals surface area contributed by atoms with Gasteiger partial charge in [-0.1, -0.05) is 109 Å². The van der Waals surface area contributed by atoms with E-state index in [1.54, 1.807) is 18.2 Å². The minimum absolute atomic E-state index is 0.330. The number of hydrogen-bond donors (Lipinski definition) is 0. The molecule has 0 radical (unpaired) electrons. The third-order valence-corrected chi connectivity index (χ3v) is 10.4. The van der Waals surface area contributed by atoms with Crippen molar-refractivity contribution in [1.29, 1.82) is 0 Å². The van der Waals surface area contributed by atoms with Gasteiger partial charge in [0.25, 0.3) is 0 Å². The number of furan rings is 1. The third kappa shape index (κ3) is 4.09. The highest BCUT2D eigenvalue weighted by atomic mass is 32.2. The largest absolute Gasteiger partial charge is 0.456 e. The predicted octanol–water partition coefficient (Wildman–Crippen LogP) is 9.25. The van der Waals surface area contributed by atoms with Gasteiger partial charge in [0.05, 0.1) is 9.79 Å². The molecule has 1 aliphatic rings. The number of benzene rings is 6. The molecule has 0 bridgehead atoms. The first-order valence-electron chi connectivity index (χ1n) is 14.9. The summed E-state index contributed by atoms with van der Waals surface area (Å²) in [6, 6.07) is 44.4. The summed E-state index contributed by atoms with van der Waals surface area (Å²) in [4.78, 5) is 15.4. The van der Waals surface area contributed by atoms with Crippen molar-refractivity contribution in [3.8, 4) is 56.4 Å². The van der Waals surface area contributed by atoms with Crippen LogP contribution in [0.4, 0.5) is 0 Å². The maximum atomic E-state index is 13.4. The second-order valence-electron chi connectivity index (χ2n) is 11.2. The van der Waals surface area contributed by atoms with Crippen molar-refractivity contribution in [2.45, 2.75) is 9.79 Å². The molecule has 0 aliphatic carbocycles. The zero-order valence-corrected chi connectivity index (χ0v) is 25.1. The molecule has 0 unspecified atom stereocenters.